The summed E-state index contributed by atoms with van der Waals surface area (Å²) in [5.74, 6) is 1.13. The van der Waals surface area contributed by atoms with Gasteiger partial charge in [-0.05, 0) is 31.5 Å². The first-order chi connectivity index (χ1) is 9.24. The van der Waals surface area contributed by atoms with Gasteiger partial charge in [0.25, 0.3) is 0 Å². The van der Waals surface area contributed by atoms with Crippen molar-refractivity contribution in [2.24, 2.45) is 0 Å². The van der Waals surface area contributed by atoms with Crippen LogP contribution in [0.3, 0.4) is 0 Å². The third-order valence-electron chi connectivity index (χ3n) is 3.49. The van der Waals surface area contributed by atoms with E-state index in [1.165, 1.54) is 11.1 Å². The molecule has 1 atom stereocenters. The molecular weight excluding hydrogens is 234 g/mol. The highest BCUT2D eigenvalue weighted by Crippen LogP contribution is 2.15. The third kappa shape index (κ3) is 3.44. The molecule has 2 rings (SSSR count). The zero-order valence-electron chi connectivity index (χ0n) is 12.1. The summed E-state index contributed by atoms with van der Waals surface area (Å²) in [6.07, 6.45) is 4.81. The molecule has 102 valence electrons. The number of rotatable bonds is 6. The van der Waals surface area contributed by atoms with Gasteiger partial charge >= 0.3 is 0 Å². The van der Waals surface area contributed by atoms with Crippen LogP contribution in [-0.4, -0.2) is 16.1 Å². The number of aromatic nitrogens is 2. The van der Waals surface area contributed by atoms with Crippen molar-refractivity contribution in [3.63, 3.8) is 0 Å². The lowest BCUT2D eigenvalue weighted by atomic mass is 10.0. The molecule has 0 radical (unpaired) electrons. The molecule has 0 aliphatic carbocycles. The van der Waals surface area contributed by atoms with Crippen LogP contribution in [0.4, 0.5) is 0 Å². The van der Waals surface area contributed by atoms with Gasteiger partial charge in [-0.1, -0.05) is 31.2 Å². The first-order valence-corrected chi connectivity index (χ1v) is 7.06. The summed E-state index contributed by atoms with van der Waals surface area (Å²) in [6, 6.07) is 9.25. The summed E-state index contributed by atoms with van der Waals surface area (Å²) in [5.41, 5.74) is 2.65. The van der Waals surface area contributed by atoms with E-state index in [1.807, 2.05) is 12.4 Å². The normalized spacial score (nSPS) is 12.6. The van der Waals surface area contributed by atoms with E-state index < -0.39 is 0 Å². The Morgan fingerprint density at radius 3 is 2.58 bits per heavy atom. The van der Waals surface area contributed by atoms with Crippen molar-refractivity contribution < 1.29 is 0 Å². The van der Waals surface area contributed by atoms with Gasteiger partial charge in [0.2, 0.25) is 0 Å². The highest BCUT2D eigenvalue weighted by Gasteiger charge is 2.05. The zero-order chi connectivity index (χ0) is 13.7. The summed E-state index contributed by atoms with van der Waals surface area (Å²) < 4.78 is 2.19. The van der Waals surface area contributed by atoms with Crippen molar-refractivity contribution in [1.29, 1.82) is 0 Å². The molecule has 2 aromatic rings. The predicted molar refractivity (Wildman–Crippen MR) is 79.2 cm³/mol. The Labute approximate surface area is 115 Å². The number of nitrogens with one attached hydrogen (secondary N) is 1. The largest absolute Gasteiger partial charge is 0.335 e. The van der Waals surface area contributed by atoms with E-state index in [0.717, 1.165) is 25.3 Å². The Kier molecular flexibility index (Phi) is 4.74. The highest BCUT2D eigenvalue weighted by molar-refractivity contribution is 5.26. The quantitative estimate of drug-likeness (QED) is 0.861. The second-order valence-electron chi connectivity index (χ2n) is 4.83. The average Bonchev–Trinajstić information content (AvgIpc) is 2.87. The Morgan fingerprint density at radius 2 is 1.95 bits per heavy atom. The fourth-order valence-corrected chi connectivity index (χ4v) is 2.33. The van der Waals surface area contributed by atoms with E-state index in [0.29, 0.717) is 6.04 Å². The van der Waals surface area contributed by atoms with Crippen LogP contribution in [0.2, 0.25) is 0 Å². The minimum Gasteiger partial charge on any atom is -0.335 e. The number of benzene rings is 1. The van der Waals surface area contributed by atoms with Crippen molar-refractivity contribution in [3.8, 4) is 0 Å². The molecule has 1 unspecified atom stereocenters. The van der Waals surface area contributed by atoms with Gasteiger partial charge in [-0.25, -0.2) is 4.98 Å². The second-order valence-corrected chi connectivity index (χ2v) is 4.83. The van der Waals surface area contributed by atoms with E-state index in [9.17, 15) is 0 Å². The molecule has 0 aliphatic heterocycles. The van der Waals surface area contributed by atoms with Crippen LogP contribution in [0.1, 0.15) is 43.8 Å². The Morgan fingerprint density at radius 1 is 1.21 bits per heavy atom. The Hall–Kier alpha value is -1.61. The minimum absolute atomic E-state index is 0.414. The topological polar surface area (TPSA) is 29.9 Å². The van der Waals surface area contributed by atoms with Crippen LogP contribution in [0.15, 0.2) is 36.7 Å². The van der Waals surface area contributed by atoms with Gasteiger partial charge in [-0.2, -0.15) is 0 Å². The molecule has 0 aliphatic rings. The highest BCUT2D eigenvalue weighted by atomic mass is 15.0. The first-order valence-electron chi connectivity index (χ1n) is 7.06. The Balaban J connectivity index is 2.06. The third-order valence-corrected chi connectivity index (χ3v) is 3.49. The van der Waals surface area contributed by atoms with Crippen LogP contribution in [0.25, 0.3) is 0 Å². The summed E-state index contributed by atoms with van der Waals surface area (Å²) in [4.78, 5) is 4.42. The van der Waals surface area contributed by atoms with Gasteiger partial charge in [-0.3, -0.25) is 0 Å². The molecule has 3 nitrogen and oxygen atoms in total. The lowest BCUT2D eigenvalue weighted by Crippen LogP contribution is -2.17. The van der Waals surface area contributed by atoms with Crippen molar-refractivity contribution >= 4 is 0 Å². The standard InChI is InChI=1S/C16H23N3/c1-4-17-13(3)15-8-6-14(7-9-15)12-16-18-10-11-19(16)5-2/h6-11,13,17H,4-5,12H2,1-3H3. The van der Waals surface area contributed by atoms with Gasteiger partial charge < -0.3 is 9.88 Å². The smallest absolute Gasteiger partial charge is 0.113 e. The van der Waals surface area contributed by atoms with Crippen molar-refractivity contribution in [3.05, 3.63) is 53.6 Å². The summed E-state index contributed by atoms with van der Waals surface area (Å²) in [6.45, 7) is 8.45. The molecule has 1 aromatic carbocycles. The van der Waals surface area contributed by atoms with E-state index >= 15 is 0 Å². The van der Waals surface area contributed by atoms with Gasteiger partial charge in [0, 0.05) is 31.4 Å². The fraction of sp³-hybridized carbons (Fsp3) is 0.438. The van der Waals surface area contributed by atoms with Crippen LogP contribution >= 0.6 is 0 Å². The predicted octanol–water partition coefficient (Wildman–Crippen LogP) is 3.16. The summed E-state index contributed by atoms with van der Waals surface area (Å²) >= 11 is 0. The molecule has 0 saturated carbocycles. The second kappa shape index (κ2) is 6.53. The number of hydrogen-bond acceptors (Lipinski definition) is 2. The SMILES string of the molecule is CCNC(C)c1ccc(Cc2nccn2CC)cc1. The van der Waals surface area contributed by atoms with Crippen molar-refractivity contribution in [1.82, 2.24) is 14.9 Å². The molecule has 1 aromatic heterocycles. The Bertz CT molecular complexity index is 499. The molecule has 19 heavy (non-hydrogen) atoms. The molecule has 0 bridgehead atoms. The number of nitrogens with zero attached hydrogens (tertiary/aromatic N) is 2. The van der Waals surface area contributed by atoms with Crippen molar-refractivity contribution in [2.45, 2.75) is 39.8 Å². The number of hydrogen-bond donors (Lipinski definition) is 1. The van der Waals surface area contributed by atoms with Gasteiger partial charge in [-0.15, -0.1) is 0 Å². The lowest BCUT2D eigenvalue weighted by Gasteiger charge is -2.13. The fourth-order valence-electron chi connectivity index (χ4n) is 2.33. The average molecular weight is 257 g/mol. The summed E-state index contributed by atoms with van der Waals surface area (Å²) in [7, 11) is 0. The minimum atomic E-state index is 0.414. The van der Waals surface area contributed by atoms with Gasteiger partial charge in [0.05, 0.1) is 0 Å². The lowest BCUT2D eigenvalue weighted by molar-refractivity contribution is 0.598. The first kappa shape index (κ1) is 13.8. The molecule has 1 N–H and O–H groups in total. The molecular formula is C16H23N3. The monoisotopic (exact) mass is 257 g/mol. The maximum Gasteiger partial charge on any atom is 0.113 e. The maximum atomic E-state index is 4.42. The van der Waals surface area contributed by atoms with E-state index in [-0.39, 0.29) is 0 Å². The van der Waals surface area contributed by atoms with Crippen LogP contribution in [0, 0.1) is 0 Å². The van der Waals surface area contributed by atoms with E-state index in [1.54, 1.807) is 0 Å². The van der Waals surface area contributed by atoms with E-state index in [4.69, 9.17) is 0 Å². The van der Waals surface area contributed by atoms with Gasteiger partial charge in [0.15, 0.2) is 0 Å². The van der Waals surface area contributed by atoms with Crippen LogP contribution in [0.5, 0.6) is 0 Å². The van der Waals surface area contributed by atoms with Crippen LogP contribution in [-0.2, 0) is 13.0 Å². The summed E-state index contributed by atoms with van der Waals surface area (Å²) in [5, 5.41) is 3.43. The number of aryl methyl sites for hydroxylation is 1. The molecule has 1 heterocycles. The maximum absolute atomic E-state index is 4.42. The van der Waals surface area contributed by atoms with Crippen LogP contribution < -0.4 is 5.32 Å². The van der Waals surface area contributed by atoms with Crippen molar-refractivity contribution in [2.75, 3.05) is 6.54 Å². The zero-order valence-corrected chi connectivity index (χ0v) is 12.1. The number of imidazole rings is 1. The molecule has 3 heteroatoms. The molecule has 0 fully saturated rings. The molecule has 0 saturated heterocycles. The molecule has 0 spiro atoms. The van der Waals surface area contributed by atoms with Gasteiger partial charge in [0.1, 0.15) is 5.82 Å². The van der Waals surface area contributed by atoms with E-state index in [2.05, 4.69) is 59.9 Å². The molecule has 0 amide bonds.